The van der Waals surface area contributed by atoms with Crippen molar-refractivity contribution in [3.63, 3.8) is 0 Å². The first-order valence-electron chi connectivity index (χ1n) is 8.40. The number of unbranched alkanes of at least 4 members (excludes halogenated alkanes) is 1. The van der Waals surface area contributed by atoms with Crippen LogP contribution >= 0.6 is 39.1 Å². The third-order valence-corrected chi connectivity index (χ3v) is 4.75. The van der Waals surface area contributed by atoms with Gasteiger partial charge in [0.15, 0.2) is 0 Å². The predicted molar refractivity (Wildman–Crippen MR) is 109 cm³/mol. The molecule has 0 saturated heterocycles. The molecule has 1 aromatic carbocycles. The Hall–Kier alpha value is -1.30. The van der Waals surface area contributed by atoms with Crippen LogP contribution in [0.2, 0.25) is 10.0 Å². The molecule has 1 aromatic heterocycles. The summed E-state index contributed by atoms with van der Waals surface area (Å²) < 4.78 is 6.61. The fourth-order valence-electron chi connectivity index (χ4n) is 2.50. The van der Waals surface area contributed by atoms with E-state index < -0.39 is 0 Å². The highest BCUT2D eigenvalue weighted by Gasteiger charge is 2.17. The highest BCUT2D eigenvalue weighted by molar-refractivity contribution is 9.10. The van der Waals surface area contributed by atoms with Crippen LogP contribution in [0.25, 0.3) is 0 Å². The van der Waals surface area contributed by atoms with Crippen LogP contribution in [0.5, 0.6) is 5.75 Å². The van der Waals surface area contributed by atoms with Crippen LogP contribution in [0.1, 0.15) is 35.7 Å². The highest BCUT2D eigenvalue weighted by atomic mass is 79.9. The monoisotopic (exact) mass is 458 g/mol. The normalized spacial score (nSPS) is 10.7. The molecule has 0 aliphatic carbocycles. The van der Waals surface area contributed by atoms with Crippen LogP contribution in [0, 0.1) is 6.92 Å². The van der Waals surface area contributed by atoms with Crippen LogP contribution in [-0.2, 0) is 0 Å². The van der Waals surface area contributed by atoms with Gasteiger partial charge in [0.25, 0.3) is 5.91 Å². The summed E-state index contributed by atoms with van der Waals surface area (Å²) in [6, 6.07) is 5.23. The summed E-state index contributed by atoms with van der Waals surface area (Å²) >= 11 is 15.5. The number of rotatable bonds is 8. The minimum atomic E-state index is -0.0604. The Morgan fingerprint density at radius 3 is 2.65 bits per heavy atom. The van der Waals surface area contributed by atoms with E-state index in [1.165, 1.54) is 0 Å². The molecule has 0 fully saturated rings. The first-order valence-corrected chi connectivity index (χ1v) is 9.95. The molecular formula is C19H21BrCl2N2O2. The molecule has 0 atom stereocenters. The lowest BCUT2D eigenvalue weighted by atomic mass is 10.2. The van der Waals surface area contributed by atoms with E-state index in [-0.39, 0.29) is 5.91 Å². The minimum Gasteiger partial charge on any atom is -0.490 e. The molecule has 0 aliphatic rings. The van der Waals surface area contributed by atoms with Crippen molar-refractivity contribution >= 4 is 45.0 Å². The van der Waals surface area contributed by atoms with E-state index in [4.69, 9.17) is 27.9 Å². The second-order valence-corrected chi connectivity index (χ2v) is 7.68. The number of aryl methyl sites for hydroxylation is 1. The third kappa shape index (κ3) is 5.86. The Balaban J connectivity index is 2.05. The van der Waals surface area contributed by atoms with Gasteiger partial charge >= 0.3 is 0 Å². The van der Waals surface area contributed by atoms with Crippen molar-refractivity contribution in [1.29, 1.82) is 0 Å². The summed E-state index contributed by atoms with van der Waals surface area (Å²) in [7, 11) is 0. The standard InChI is InChI=1S/C19H21BrCl2N2O2/c1-3-4-5-24(19(25)14-9-15(20)12-23-11-14)6-7-26-18-13(2)8-16(21)10-17(18)22/h8-12H,3-7H2,1-2H3. The maximum atomic E-state index is 12.8. The quantitative estimate of drug-likeness (QED) is 0.502. The molecule has 0 radical (unpaired) electrons. The van der Waals surface area contributed by atoms with Gasteiger partial charge in [-0.1, -0.05) is 36.5 Å². The summed E-state index contributed by atoms with van der Waals surface area (Å²) in [6.45, 7) is 5.46. The van der Waals surface area contributed by atoms with E-state index in [1.54, 1.807) is 35.5 Å². The minimum absolute atomic E-state index is 0.0604. The average Bonchev–Trinajstić information content (AvgIpc) is 2.59. The first-order chi connectivity index (χ1) is 12.4. The number of hydrogen-bond donors (Lipinski definition) is 0. The fraction of sp³-hybridized carbons (Fsp3) is 0.368. The van der Waals surface area contributed by atoms with Crippen molar-refractivity contribution in [3.8, 4) is 5.75 Å². The molecule has 0 unspecified atom stereocenters. The number of amides is 1. The molecule has 0 bridgehead atoms. The lowest BCUT2D eigenvalue weighted by Gasteiger charge is -2.23. The first kappa shape index (κ1) is 21.0. The van der Waals surface area contributed by atoms with Crippen LogP contribution in [-0.4, -0.2) is 35.5 Å². The smallest absolute Gasteiger partial charge is 0.255 e. The van der Waals surface area contributed by atoms with Gasteiger partial charge in [-0.25, -0.2) is 0 Å². The number of carbonyl (C=O) groups excluding carboxylic acids is 1. The van der Waals surface area contributed by atoms with E-state index in [0.29, 0.717) is 41.1 Å². The molecule has 7 heteroatoms. The van der Waals surface area contributed by atoms with Gasteiger partial charge in [-0.05, 0) is 53.0 Å². The van der Waals surface area contributed by atoms with Crippen LogP contribution in [0.15, 0.2) is 35.1 Å². The van der Waals surface area contributed by atoms with Gasteiger partial charge in [0, 0.05) is 28.4 Å². The molecule has 1 amide bonds. The van der Waals surface area contributed by atoms with Crippen molar-refractivity contribution < 1.29 is 9.53 Å². The second-order valence-electron chi connectivity index (χ2n) is 5.92. The Bertz CT molecular complexity index is 748. The molecular weight excluding hydrogens is 439 g/mol. The maximum absolute atomic E-state index is 12.8. The molecule has 2 aromatic rings. The average molecular weight is 460 g/mol. The Kier molecular flexibility index (Phi) is 8.19. The number of carbonyl (C=O) groups is 1. The lowest BCUT2D eigenvalue weighted by Crippen LogP contribution is -2.35. The van der Waals surface area contributed by atoms with Crippen molar-refractivity contribution in [2.24, 2.45) is 0 Å². The van der Waals surface area contributed by atoms with Gasteiger partial charge in [0.1, 0.15) is 12.4 Å². The predicted octanol–water partition coefficient (Wildman–Crippen LogP) is 5.78. The number of nitrogens with zero attached hydrogens (tertiary/aromatic N) is 2. The van der Waals surface area contributed by atoms with Crippen molar-refractivity contribution in [1.82, 2.24) is 9.88 Å². The molecule has 0 aliphatic heterocycles. The zero-order chi connectivity index (χ0) is 19.1. The SMILES string of the molecule is CCCCN(CCOc1c(C)cc(Cl)cc1Cl)C(=O)c1cncc(Br)c1. The zero-order valence-electron chi connectivity index (χ0n) is 14.8. The number of aromatic nitrogens is 1. The number of pyridine rings is 1. The van der Waals surface area contributed by atoms with E-state index in [2.05, 4.69) is 27.8 Å². The molecule has 26 heavy (non-hydrogen) atoms. The van der Waals surface area contributed by atoms with Crippen molar-refractivity contribution in [2.45, 2.75) is 26.7 Å². The Labute approximate surface area is 172 Å². The molecule has 2 rings (SSSR count). The van der Waals surface area contributed by atoms with Crippen molar-refractivity contribution in [3.05, 3.63) is 56.2 Å². The van der Waals surface area contributed by atoms with Crippen molar-refractivity contribution in [2.75, 3.05) is 19.7 Å². The summed E-state index contributed by atoms with van der Waals surface area (Å²) in [5.41, 5.74) is 1.42. The maximum Gasteiger partial charge on any atom is 0.255 e. The van der Waals surface area contributed by atoms with Crippen LogP contribution in [0.4, 0.5) is 0 Å². The van der Waals surface area contributed by atoms with Gasteiger partial charge in [0.2, 0.25) is 0 Å². The van der Waals surface area contributed by atoms with Gasteiger partial charge in [-0.3, -0.25) is 9.78 Å². The molecule has 0 spiro atoms. The van der Waals surface area contributed by atoms with Gasteiger partial charge < -0.3 is 9.64 Å². The van der Waals surface area contributed by atoms with Gasteiger partial charge in [-0.2, -0.15) is 0 Å². The topological polar surface area (TPSA) is 42.4 Å². The van der Waals surface area contributed by atoms with E-state index >= 15 is 0 Å². The largest absolute Gasteiger partial charge is 0.490 e. The van der Waals surface area contributed by atoms with Crippen LogP contribution < -0.4 is 4.74 Å². The summed E-state index contributed by atoms with van der Waals surface area (Å²) in [6.07, 6.45) is 5.16. The third-order valence-electron chi connectivity index (χ3n) is 3.82. The number of halogens is 3. The number of hydrogen-bond acceptors (Lipinski definition) is 3. The van der Waals surface area contributed by atoms with Gasteiger partial charge in [0.05, 0.1) is 17.1 Å². The summed E-state index contributed by atoms with van der Waals surface area (Å²) in [5.74, 6) is 0.540. The molecule has 0 saturated carbocycles. The van der Waals surface area contributed by atoms with E-state index in [0.717, 1.165) is 22.9 Å². The number of ether oxygens (including phenoxy) is 1. The van der Waals surface area contributed by atoms with Crippen LogP contribution in [0.3, 0.4) is 0 Å². The Morgan fingerprint density at radius 1 is 1.23 bits per heavy atom. The summed E-state index contributed by atoms with van der Waals surface area (Å²) in [5, 5.41) is 1.04. The zero-order valence-corrected chi connectivity index (χ0v) is 17.9. The Morgan fingerprint density at radius 2 is 2.00 bits per heavy atom. The lowest BCUT2D eigenvalue weighted by molar-refractivity contribution is 0.0727. The van der Waals surface area contributed by atoms with Gasteiger partial charge in [-0.15, -0.1) is 0 Å². The summed E-state index contributed by atoms with van der Waals surface area (Å²) in [4.78, 5) is 18.6. The molecule has 1 heterocycles. The van der Waals surface area contributed by atoms with E-state index in [1.807, 2.05) is 6.92 Å². The van der Waals surface area contributed by atoms with E-state index in [9.17, 15) is 4.79 Å². The second kappa shape index (κ2) is 10.1. The molecule has 140 valence electrons. The highest BCUT2D eigenvalue weighted by Crippen LogP contribution is 2.31. The molecule has 0 N–H and O–H groups in total. The fourth-order valence-corrected chi connectivity index (χ4v) is 3.52. The molecule has 4 nitrogen and oxygen atoms in total. The number of benzene rings is 1.